The van der Waals surface area contributed by atoms with Gasteiger partial charge in [-0.3, -0.25) is 9.59 Å². The SMILES string of the molecule is COc1ccc(NC(=O)C(CS)NC(C)=O)cc1F. The first-order valence-electron chi connectivity index (χ1n) is 5.50. The van der Waals surface area contributed by atoms with Crippen molar-refractivity contribution in [3.63, 3.8) is 0 Å². The van der Waals surface area contributed by atoms with Crippen molar-refractivity contribution in [2.45, 2.75) is 13.0 Å². The molecule has 1 atom stereocenters. The lowest BCUT2D eigenvalue weighted by atomic mass is 10.2. The molecule has 19 heavy (non-hydrogen) atoms. The van der Waals surface area contributed by atoms with Crippen molar-refractivity contribution in [1.29, 1.82) is 0 Å². The van der Waals surface area contributed by atoms with Gasteiger partial charge >= 0.3 is 0 Å². The molecule has 0 aromatic heterocycles. The third kappa shape index (κ3) is 4.44. The van der Waals surface area contributed by atoms with Crippen molar-refractivity contribution in [1.82, 2.24) is 5.32 Å². The highest BCUT2D eigenvalue weighted by Gasteiger charge is 2.18. The third-order valence-corrected chi connectivity index (χ3v) is 2.66. The minimum Gasteiger partial charge on any atom is -0.494 e. The van der Waals surface area contributed by atoms with Gasteiger partial charge in [0.05, 0.1) is 7.11 Å². The number of ether oxygens (including phenoxy) is 1. The van der Waals surface area contributed by atoms with Gasteiger partial charge in [-0.05, 0) is 12.1 Å². The lowest BCUT2D eigenvalue weighted by Crippen LogP contribution is -2.44. The van der Waals surface area contributed by atoms with Crippen molar-refractivity contribution < 1.29 is 18.7 Å². The molecular weight excluding hydrogens is 271 g/mol. The predicted molar refractivity (Wildman–Crippen MR) is 73.0 cm³/mol. The molecule has 0 bridgehead atoms. The average Bonchev–Trinajstić information content (AvgIpc) is 2.35. The van der Waals surface area contributed by atoms with Gasteiger partial charge < -0.3 is 15.4 Å². The van der Waals surface area contributed by atoms with E-state index in [1.807, 2.05) is 0 Å². The fraction of sp³-hybridized carbons (Fsp3) is 0.333. The van der Waals surface area contributed by atoms with Gasteiger partial charge in [-0.1, -0.05) is 0 Å². The summed E-state index contributed by atoms with van der Waals surface area (Å²) >= 11 is 3.98. The highest BCUT2D eigenvalue weighted by molar-refractivity contribution is 7.80. The average molecular weight is 286 g/mol. The first kappa shape index (κ1) is 15.3. The minimum absolute atomic E-state index is 0.0885. The van der Waals surface area contributed by atoms with E-state index < -0.39 is 17.8 Å². The number of rotatable bonds is 5. The first-order valence-corrected chi connectivity index (χ1v) is 6.13. The standard InChI is InChI=1S/C12H15FN2O3S/c1-7(16)14-10(6-19)12(17)15-8-3-4-11(18-2)9(13)5-8/h3-5,10,19H,6H2,1-2H3,(H,14,16)(H,15,17). The van der Waals surface area contributed by atoms with Crippen LogP contribution in [0.2, 0.25) is 0 Å². The minimum atomic E-state index is -0.772. The Morgan fingerprint density at radius 3 is 2.63 bits per heavy atom. The Bertz CT molecular complexity index is 482. The Labute approximate surface area is 115 Å². The van der Waals surface area contributed by atoms with Crippen LogP contribution in [0.1, 0.15) is 6.92 Å². The number of amides is 2. The van der Waals surface area contributed by atoms with Gasteiger partial charge in [0, 0.05) is 24.4 Å². The lowest BCUT2D eigenvalue weighted by Gasteiger charge is -2.15. The summed E-state index contributed by atoms with van der Waals surface area (Å²) in [4.78, 5) is 22.7. The van der Waals surface area contributed by atoms with Crippen LogP contribution in [0.5, 0.6) is 5.75 Å². The number of hydrogen-bond acceptors (Lipinski definition) is 4. The molecule has 2 N–H and O–H groups in total. The van der Waals surface area contributed by atoms with Gasteiger partial charge in [0.25, 0.3) is 0 Å². The maximum Gasteiger partial charge on any atom is 0.247 e. The molecule has 1 aromatic carbocycles. The molecule has 1 rings (SSSR count). The molecular formula is C12H15FN2O3S. The number of methoxy groups -OCH3 is 1. The highest BCUT2D eigenvalue weighted by atomic mass is 32.1. The Kier molecular flexibility index (Phi) is 5.62. The molecule has 104 valence electrons. The molecule has 0 saturated carbocycles. The molecule has 5 nitrogen and oxygen atoms in total. The van der Waals surface area contributed by atoms with Gasteiger partial charge in [0.15, 0.2) is 11.6 Å². The summed E-state index contributed by atoms with van der Waals surface area (Å²) in [5, 5.41) is 4.93. The number of hydrogen-bond donors (Lipinski definition) is 3. The van der Waals surface area contributed by atoms with Gasteiger partial charge in [0.2, 0.25) is 11.8 Å². The second-order valence-corrected chi connectivity index (χ2v) is 4.14. The van der Waals surface area contributed by atoms with E-state index in [0.29, 0.717) is 0 Å². The van der Waals surface area contributed by atoms with Crippen LogP contribution in [-0.4, -0.2) is 30.7 Å². The van der Waals surface area contributed by atoms with E-state index >= 15 is 0 Å². The summed E-state index contributed by atoms with van der Waals surface area (Å²) < 4.78 is 18.2. The Morgan fingerprint density at radius 2 is 2.16 bits per heavy atom. The van der Waals surface area contributed by atoms with E-state index in [9.17, 15) is 14.0 Å². The molecule has 0 radical (unpaired) electrons. The third-order valence-electron chi connectivity index (χ3n) is 2.30. The molecule has 0 fully saturated rings. The second-order valence-electron chi connectivity index (χ2n) is 3.77. The van der Waals surface area contributed by atoms with Crippen LogP contribution in [0.25, 0.3) is 0 Å². The van der Waals surface area contributed by atoms with Crippen LogP contribution in [0.4, 0.5) is 10.1 Å². The molecule has 1 aromatic rings. The quantitative estimate of drug-likeness (QED) is 0.713. The molecule has 0 aliphatic rings. The molecule has 1 unspecified atom stereocenters. The summed E-state index contributed by atoms with van der Waals surface area (Å²) in [5.41, 5.74) is 0.278. The maximum atomic E-state index is 13.4. The Balaban J connectivity index is 2.75. The van der Waals surface area contributed by atoms with Crippen LogP contribution in [0, 0.1) is 5.82 Å². The first-order chi connectivity index (χ1) is 8.97. The van der Waals surface area contributed by atoms with E-state index in [1.54, 1.807) is 0 Å². The number of anilines is 1. The number of nitrogens with one attached hydrogen (secondary N) is 2. The number of carbonyl (C=O) groups excluding carboxylic acids is 2. The molecule has 0 aliphatic carbocycles. The maximum absolute atomic E-state index is 13.4. The number of thiol groups is 1. The number of benzene rings is 1. The Morgan fingerprint density at radius 1 is 1.47 bits per heavy atom. The van der Waals surface area contributed by atoms with E-state index in [0.717, 1.165) is 6.07 Å². The highest BCUT2D eigenvalue weighted by Crippen LogP contribution is 2.20. The lowest BCUT2D eigenvalue weighted by molar-refractivity contribution is -0.124. The second kappa shape index (κ2) is 6.98. The van der Waals surface area contributed by atoms with Crippen molar-refractivity contribution in [2.75, 3.05) is 18.2 Å². The van der Waals surface area contributed by atoms with Crippen LogP contribution in [-0.2, 0) is 9.59 Å². The number of halogens is 1. The molecule has 7 heteroatoms. The molecule has 0 heterocycles. The van der Waals surface area contributed by atoms with Crippen molar-refractivity contribution in [3.05, 3.63) is 24.0 Å². The topological polar surface area (TPSA) is 67.4 Å². The van der Waals surface area contributed by atoms with Gasteiger partial charge in [-0.2, -0.15) is 12.6 Å². The molecule has 2 amide bonds. The van der Waals surface area contributed by atoms with Gasteiger partial charge in [-0.15, -0.1) is 0 Å². The summed E-state index contributed by atoms with van der Waals surface area (Å²) in [6, 6.07) is 3.27. The zero-order chi connectivity index (χ0) is 14.4. The van der Waals surface area contributed by atoms with E-state index in [1.165, 1.54) is 26.2 Å². The predicted octanol–water partition coefficient (Wildman–Crippen LogP) is 1.21. The summed E-state index contributed by atoms with van der Waals surface area (Å²) in [7, 11) is 1.35. The van der Waals surface area contributed by atoms with E-state index in [2.05, 4.69) is 23.3 Å². The Hall–Kier alpha value is -1.76. The van der Waals surface area contributed by atoms with Crippen molar-refractivity contribution in [2.24, 2.45) is 0 Å². The zero-order valence-electron chi connectivity index (χ0n) is 10.6. The zero-order valence-corrected chi connectivity index (χ0v) is 11.5. The largest absolute Gasteiger partial charge is 0.494 e. The fourth-order valence-electron chi connectivity index (χ4n) is 1.41. The van der Waals surface area contributed by atoms with Crippen LogP contribution in [0.3, 0.4) is 0 Å². The number of carbonyl (C=O) groups is 2. The van der Waals surface area contributed by atoms with Crippen LogP contribution < -0.4 is 15.4 Å². The fourth-order valence-corrected chi connectivity index (χ4v) is 1.67. The van der Waals surface area contributed by atoms with E-state index in [-0.39, 0.29) is 23.1 Å². The van der Waals surface area contributed by atoms with Crippen LogP contribution >= 0.6 is 12.6 Å². The normalized spacial score (nSPS) is 11.6. The van der Waals surface area contributed by atoms with Crippen molar-refractivity contribution in [3.8, 4) is 5.75 Å². The monoisotopic (exact) mass is 286 g/mol. The van der Waals surface area contributed by atoms with Gasteiger partial charge in [-0.25, -0.2) is 4.39 Å². The summed E-state index contributed by atoms with van der Waals surface area (Å²) in [6.45, 7) is 1.30. The molecule has 0 saturated heterocycles. The van der Waals surface area contributed by atoms with Gasteiger partial charge in [0.1, 0.15) is 6.04 Å². The van der Waals surface area contributed by atoms with Crippen molar-refractivity contribution >= 4 is 30.1 Å². The molecule has 0 aliphatic heterocycles. The van der Waals surface area contributed by atoms with Crippen LogP contribution in [0.15, 0.2) is 18.2 Å². The summed E-state index contributed by atoms with van der Waals surface area (Å²) in [5.74, 6) is -1.15. The summed E-state index contributed by atoms with van der Waals surface area (Å²) in [6.07, 6.45) is 0. The van der Waals surface area contributed by atoms with E-state index in [4.69, 9.17) is 4.74 Å². The smallest absolute Gasteiger partial charge is 0.247 e. The molecule has 0 spiro atoms.